The molecule has 0 spiro atoms. The van der Waals surface area contributed by atoms with E-state index in [9.17, 15) is 9.90 Å². The van der Waals surface area contributed by atoms with E-state index in [1.54, 1.807) is 20.0 Å². The number of benzene rings is 1. The third kappa shape index (κ3) is 3.11. The molecule has 5 heteroatoms. The Balaban J connectivity index is 2.73. The summed E-state index contributed by atoms with van der Waals surface area (Å²) in [4.78, 5) is 11.5. The van der Waals surface area contributed by atoms with Crippen LogP contribution in [0.1, 0.15) is 6.92 Å². The Bertz CT molecular complexity index is 368. The van der Waals surface area contributed by atoms with Crippen LogP contribution in [0.4, 0.5) is 5.69 Å². The summed E-state index contributed by atoms with van der Waals surface area (Å²) in [6, 6.07) is 4.23. The molecule has 4 nitrogen and oxygen atoms in total. The number of carbonyl (C=O) groups is 1. The zero-order valence-corrected chi connectivity index (χ0v) is 9.30. The quantitative estimate of drug-likeness (QED) is 0.689. The maximum Gasteiger partial charge on any atom is 0.241 e. The topological polar surface area (TPSA) is 61.4 Å². The molecule has 1 aromatic rings. The molecule has 0 aromatic heterocycles. The fourth-order valence-electron chi connectivity index (χ4n) is 0.966. The molecule has 3 N–H and O–H groups in total. The zero-order chi connectivity index (χ0) is 11.4. The Morgan fingerprint density at radius 2 is 2.20 bits per heavy atom. The van der Waals surface area contributed by atoms with Gasteiger partial charge in [-0.2, -0.15) is 0 Å². The van der Waals surface area contributed by atoms with Gasteiger partial charge in [0.1, 0.15) is 5.75 Å². The van der Waals surface area contributed by atoms with Crippen LogP contribution in [0.3, 0.4) is 0 Å². The predicted molar refractivity (Wildman–Crippen MR) is 60.3 cm³/mol. The second kappa shape index (κ2) is 5.00. The molecule has 1 aromatic carbocycles. The number of aromatic hydroxyl groups is 1. The van der Waals surface area contributed by atoms with Crippen molar-refractivity contribution in [2.24, 2.45) is 0 Å². The number of rotatable bonds is 3. The molecule has 82 valence electrons. The van der Waals surface area contributed by atoms with Gasteiger partial charge in [-0.05, 0) is 32.2 Å². The van der Waals surface area contributed by atoms with E-state index in [4.69, 9.17) is 11.6 Å². The number of phenols is 1. The molecular formula is C10H13ClN2O2. The second-order valence-electron chi connectivity index (χ2n) is 3.17. The Kier molecular flexibility index (Phi) is 3.94. The SMILES string of the molecule is CNC(C)C(=O)Nc1ccc(O)c(Cl)c1. The Morgan fingerprint density at radius 1 is 1.53 bits per heavy atom. The summed E-state index contributed by atoms with van der Waals surface area (Å²) < 4.78 is 0. The van der Waals surface area contributed by atoms with Crippen molar-refractivity contribution in [2.75, 3.05) is 12.4 Å². The highest BCUT2D eigenvalue weighted by molar-refractivity contribution is 6.32. The maximum atomic E-state index is 11.5. The average Bonchev–Trinajstić information content (AvgIpc) is 2.22. The van der Waals surface area contributed by atoms with Gasteiger partial charge in [0.25, 0.3) is 0 Å². The molecule has 1 amide bonds. The van der Waals surface area contributed by atoms with E-state index in [0.717, 1.165) is 0 Å². The van der Waals surface area contributed by atoms with E-state index in [-0.39, 0.29) is 22.7 Å². The molecule has 0 heterocycles. The fraction of sp³-hybridized carbons (Fsp3) is 0.300. The van der Waals surface area contributed by atoms with Gasteiger partial charge in [-0.1, -0.05) is 11.6 Å². The van der Waals surface area contributed by atoms with E-state index >= 15 is 0 Å². The van der Waals surface area contributed by atoms with Crippen molar-refractivity contribution in [2.45, 2.75) is 13.0 Å². The van der Waals surface area contributed by atoms with E-state index in [1.165, 1.54) is 12.1 Å². The molecule has 0 bridgehead atoms. The van der Waals surface area contributed by atoms with E-state index in [0.29, 0.717) is 5.69 Å². The molecule has 0 radical (unpaired) electrons. The maximum absolute atomic E-state index is 11.5. The molecule has 1 unspecified atom stereocenters. The van der Waals surface area contributed by atoms with E-state index in [1.807, 2.05) is 0 Å². The van der Waals surface area contributed by atoms with Gasteiger partial charge >= 0.3 is 0 Å². The number of nitrogens with one attached hydrogen (secondary N) is 2. The summed E-state index contributed by atoms with van der Waals surface area (Å²) in [5.41, 5.74) is 0.560. The van der Waals surface area contributed by atoms with Gasteiger partial charge in [-0.3, -0.25) is 4.79 Å². The monoisotopic (exact) mass is 228 g/mol. The van der Waals surface area contributed by atoms with Crippen molar-refractivity contribution in [3.05, 3.63) is 23.2 Å². The normalized spacial score (nSPS) is 12.2. The number of hydrogen-bond acceptors (Lipinski definition) is 3. The molecule has 0 saturated carbocycles. The van der Waals surface area contributed by atoms with Crippen LogP contribution in [0.5, 0.6) is 5.75 Å². The lowest BCUT2D eigenvalue weighted by atomic mass is 10.2. The van der Waals surface area contributed by atoms with Gasteiger partial charge in [-0.15, -0.1) is 0 Å². The van der Waals surface area contributed by atoms with Gasteiger partial charge in [0, 0.05) is 5.69 Å². The molecule has 1 atom stereocenters. The lowest BCUT2D eigenvalue weighted by Gasteiger charge is -2.11. The minimum Gasteiger partial charge on any atom is -0.506 e. The molecule has 0 aliphatic rings. The van der Waals surface area contributed by atoms with Crippen LogP contribution in [0.15, 0.2) is 18.2 Å². The average molecular weight is 229 g/mol. The molecule has 0 aliphatic carbocycles. The van der Waals surface area contributed by atoms with Crippen LogP contribution in [-0.2, 0) is 4.79 Å². The van der Waals surface area contributed by atoms with Gasteiger partial charge in [0.15, 0.2) is 0 Å². The Labute approximate surface area is 93.2 Å². The summed E-state index contributed by atoms with van der Waals surface area (Å²) >= 11 is 5.69. The number of halogens is 1. The first-order valence-electron chi connectivity index (χ1n) is 4.51. The van der Waals surface area contributed by atoms with Crippen molar-refractivity contribution < 1.29 is 9.90 Å². The number of likely N-dealkylation sites (N-methyl/N-ethyl adjacent to an activating group) is 1. The highest BCUT2D eigenvalue weighted by Crippen LogP contribution is 2.25. The smallest absolute Gasteiger partial charge is 0.241 e. The summed E-state index contributed by atoms with van der Waals surface area (Å²) in [7, 11) is 1.70. The van der Waals surface area contributed by atoms with Crippen LogP contribution in [0.25, 0.3) is 0 Å². The van der Waals surface area contributed by atoms with Crippen LogP contribution in [0, 0.1) is 0 Å². The summed E-state index contributed by atoms with van der Waals surface area (Å²) in [6.07, 6.45) is 0. The van der Waals surface area contributed by atoms with E-state index in [2.05, 4.69) is 10.6 Å². The largest absolute Gasteiger partial charge is 0.506 e. The molecular weight excluding hydrogens is 216 g/mol. The lowest BCUT2D eigenvalue weighted by molar-refractivity contribution is -0.117. The molecule has 0 fully saturated rings. The lowest BCUT2D eigenvalue weighted by Crippen LogP contribution is -2.35. The van der Waals surface area contributed by atoms with Crippen molar-refractivity contribution in [1.82, 2.24) is 5.32 Å². The Morgan fingerprint density at radius 3 is 2.73 bits per heavy atom. The van der Waals surface area contributed by atoms with Crippen molar-refractivity contribution in [3.63, 3.8) is 0 Å². The summed E-state index contributed by atoms with van der Waals surface area (Å²) in [6.45, 7) is 1.75. The first-order valence-corrected chi connectivity index (χ1v) is 4.89. The van der Waals surface area contributed by atoms with Crippen molar-refractivity contribution in [3.8, 4) is 5.75 Å². The third-order valence-corrected chi connectivity index (χ3v) is 2.34. The summed E-state index contributed by atoms with van der Waals surface area (Å²) in [5, 5.41) is 14.9. The molecule has 0 aliphatic heterocycles. The van der Waals surface area contributed by atoms with Gasteiger partial charge in [-0.25, -0.2) is 0 Å². The molecule has 15 heavy (non-hydrogen) atoms. The number of phenolic OH excluding ortho intramolecular Hbond substituents is 1. The minimum atomic E-state index is -0.280. The molecule has 1 rings (SSSR count). The number of anilines is 1. The van der Waals surface area contributed by atoms with Gasteiger partial charge in [0.05, 0.1) is 11.1 Å². The summed E-state index contributed by atoms with van der Waals surface area (Å²) in [5.74, 6) is -0.157. The van der Waals surface area contributed by atoms with Crippen molar-refractivity contribution in [1.29, 1.82) is 0 Å². The van der Waals surface area contributed by atoms with Crippen LogP contribution in [0.2, 0.25) is 5.02 Å². The first kappa shape index (κ1) is 11.8. The Hall–Kier alpha value is -1.26. The number of carbonyl (C=O) groups excluding carboxylic acids is 1. The number of hydrogen-bond donors (Lipinski definition) is 3. The van der Waals surface area contributed by atoms with E-state index < -0.39 is 0 Å². The predicted octanol–water partition coefficient (Wildman–Crippen LogP) is 1.59. The second-order valence-corrected chi connectivity index (χ2v) is 3.57. The highest BCUT2D eigenvalue weighted by atomic mass is 35.5. The third-order valence-electron chi connectivity index (χ3n) is 2.04. The van der Waals surface area contributed by atoms with Crippen LogP contribution < -0.4 is 10.6 Å². The minimum absolute atomic E-state index is 0.00340. The highest BCUT2D eigenvalue weighted by Gasteiger charge is 2.10. The van der Waals surface area contributed by atoms with Gasteiger partial charge in [0.2, 0.25) is 5.91 Å². The standard InChI is InChI=1S/C10H13ClN2O2/c1-6(12-2)10(15)13-7-3-4-9(14)8(11)5-7/h3-6,12,14H,1-2H3,(H,13,15). The van der Waals surface area contributed by atoms with Crippen LogP contribution in [-0.4, -0.2) is 24.1 Å². The number of amides is 1. The van der Waals surface area contributed by atoms with Gasteiger partial charge < -0.3 is 15.7 Å². The fourth-order valence-corrected chi connectivity index (χ4v) is 1.15. The zero-order valence-electron chi connectivity index (χ0n) is 8.54. The first-order chi connectivity index (χ1) is 7.04. The van der Waals surface area contributed by atoms with Crippen LogP contribution >= 0.6 is 11.6 Å². The van der Waals surface area contributed by atoms with Crippen molar-refractivity contribution >= 4 is 23.2 Å². The molecule has 0 saturated heterocycles.